The predicted octanol–water partition coefficient (Wildman–Crippen LogP) is 12.6. The van der Waals surface area contributed by atoms with Gasteiger partial charge in [0.15, 0.2) is 0 Å². The number of nitrogens with zero attached hydrogens (tertiary/aromatic N) is 2. The Balaban J connectivity index is 1.22. The molecule has 0 heterocycles. The first-order chi connectivity index (χ1) is 23.7. The maximum Gasteiger partial charge on any atom is 0.0712 e. The molecule has 0 radical (unpaired) electrons. The zero-order chi connectivity index (χ0) is 32.7. The Morgan fingerprint density at radius 2 is 1.04 bits per heavy atom. The minimum atomic E-state index is 0.0852. The highest BCUT2D eigenvalue weighted by Crippen LogP contribution is 2.36. The summed E-state index contributed by atoms with van der Waals surface area (Å²) in [6.45, 7) is 6.18. The normalized spacial score (nSPS) is 13.3. The maximum absolute atomic E-state index is 4.15. The zero-order valence-corrected chi connectivity index (χ0v) is 27.2. The summed E-state index contributed by atoms with van der Waals surface area (Å²) in [5.41, 5.74) is 7.80. The summed E-state index contributed by atoms with van der Waals surface area (Å²) in [6.07, 6.45) is 21.0. The van der Waals surface area contributed by atoms with E-state index in [1.807, 2.05) is 19.1 Å². The molecule has 232 valence electrons. The summed E-state index contributed by atoms with van der Waals surface area (Å²) < 4.78 is 0. The number of allylic oxidation sites excluding steroid dienone is 8. The van der Waals surface area contributed by atoms with Gasteiger partial charge in [-0.1, -0.05) is 140 Å². The van der Waals surface area contributed by atoms with Crippen LogP contribution in [0.15, 0.2) is 206 Å². The van der Waals surface area contributed by atoms with Crippen LogP contribution in [0.5, 0.6) is 0 Å². The highest BCUT2D eigenvalue weighted by molar-refractivity contribution is 5.89. The molecule has 7 rings (SSSR count). The van der Waals surface area contributed by atoms with E-state index in [9.17, 15) is 0 Å². The molecule has 0 atom stereocenters. The van der Waals surface area contributed by atoms with E-state index < -0.39 is 0 Å². The van der Waals surface area contributed by atoms with E-state index in [0.29, 0.717) is 0 Å². The summed E-state index contributed by atoms with van der Waals surface area (Å²) in [5, 5.41) is 4.90. The summed E-state index contributed by atoms with van der Waals surface area (Å²) in [7, 11) is 0. The first-order valence-corrected chi connectivity index (χ1v) is 16.5. The van der Waals surface area contributed by atoms with Crippen LogP contribution in [-0.2, 0) is 0 Å². The second-order valence-corrected chi connectivity index (χ2v) is 11.8. The summed E-state index contributed by atoms with van der Waals surface area (Å²) >= 11 is 0. The number of hydrogen-bond donors (Lipinski definition) is 0. The van der Waals surface area contributed by atoms with Gasteiger partial charge in [0.1, 0.15) is 0 Å². The molecule has 2 heteroatoms. The third-order valence-electron chi connectivity index (χ3n) is 8.78. The van der Waals surface area contributed by atoms with Crippen molar-refractivity contribution in [3.05, 3.63) is 206 Å². The van der Waals surface area contributed by atoms with E-state index >= 15 is 0 Å². The lowest BCUT2D eigenvalue weighted by molar-refractivity contribution is 0.945. The molecule has 0 saturated carbocycles. The van der Waals surface area contributed by atoms with Gasteiger partial charge in [-0.15, -0.1) is 0 Å². The fourth-order valence-electron chi connectivity index (χ4n) is 6.35. The van der Waals surface area contributed by atoms with Crippen molar-refractivity contribution >= 4 is 44.3 Å². The monoisotopic (exact) mass is 618 g/mol. The molecule has 0 saturated heterocycles. The van der Waals surface area contributed by atoms with Gasteiger partial charge in [0.05, 0.1) is 6.04 Å². The predicted molar refractivity (Wildman–Crippen MR) is 208 cm³/mol. The van der Waals surface area contributed by atoms with E-state index in [4.69, 9.17) is 0 Å². The smallest absolute Gasteiger partial charge is 0.0712 e. The molecule has 0 aliphatic heterocycles. The van der Waals surface area contributed by atoms with Crippen molar-refractivity contribution in [1.82, 2.24) is 0 Å². The Bertz CT molecular complexity index is 2200. The highest BCUT2D eigenvalue weighted by Gasteiger charge is 2.18. The van der Waals surface area contributed by atoms with Gasteiger partial charge in [0.25, 0.3) is 0 Å². The standard InChI is InChI=1S/C46H38N2/c1-3-5-18-41(4-2)47(45-31-25-35-14-10-12-16-39(35)33-45)43-27-21-37(22-28-43)38-23-29-44(30-24-38)48(42-19-8-6-7-9-20-42)46-32-26-36-15-11-13-17-40(36)34-46/h3-34,42H,2H2,1H3/b5-3-,41-18+. The molecule has 48 heavy (non-hydrogen) atoms. The third-order valence-corrected chi connectivity index (χ3v) is 8.78. The highest BCUT2D eigenvalue weighted by atomic mass is 15.2. The Morgan fingerprint density at radius 3 is 1.60 bits per heavy atom. The molecule has 2 nitrogen and oxygen atoms in total. The lowest BCUT2D eigenvalue weighted by atomic mass is 10.0. The van der Waals surface area contributed by atoms with Crippen LogP contribution in [0.4, 0.5) is 22.7 Å². The molecule has 0 unspecified atom stereocenters. The average molecular weight is 619 g/mol. The van der Waals surface area contributed by atoms with Gasteiger partial charge in [-0.25, -0.2) is 0 Å². The molecule has 0 fully saturated rings. The molecule has 0 amide bonds. The van der Waals surface area contributed by atoms with Crippen molar-refractivity contribution in [3.63, 3.8) is 0 Å². The quantitative estimate of drug-likeness (QED) is 0.149. The first kappa shape index (κ1) is 30.5. The topological polar surface area (TPSA) is 6.48 Å². The van der Waals surface area contributed by atoms with Crippen molar-refractivity contribution < 1.29 is 0 Å². The Labute approximate surface area is 283 Å². The van der Waals surface area contributed by atoms with Gasteiger partial charge in [-0.3, -0.25) is 0 Å². The second-order valence-electron chi connectivity index (χ2n) is 11.8. The minimum Gasteiger partial charge on any atom is -0.331 e. The van der Waals surface area contributed by atoms with E-state index in [0.717, 1.165) is 34.0 Å². The van der Waals surface area contributed by atoms with Crippen molar-refractivity contribution in [2.45, 2.75) is 13.0 Å². The van der Waals surface area contributed by atoms with Crippen LogP contribution in [0, 0.1) is 0 Å². The fraction of sp³-hybridized carbons (Fsp3) is 0.0435. The zero-order valence-electron chi connectivity index (χ0n) is 27.2. The molecule has 0 aromatic heterocycles. The first-order valence-electron chi connectivity index (χ1n) is 16.5. The summed E-state index contributed by atoms with van der Waals surface area (Å²) in [5.74, 6) is 0. The molecule has 6 aromatic rings. The van der Waals surface area contributed by atoms with Crippen molar-refractivity contribution in [3.8, 4) is 11.1 Å². The second kappa shape index (κ2) is 14.1. The Hall–Kier alpha value is -6.12. The van der Waals surface area contributed by atoms with Gasteiger partial charge in [-0.05, 0) is 100 Å². The lowest BCUT2D eigenvalue weighted by Crippen LogP contribution is -2.27. The molecular formula is C46H38N2. The van der Waals surface area contributed by atoms with Crippen molar-refractivity contribution in [1.29, 1.82) is 0 Å². The van der Waals surface area contributed by atoms with Crippen LogP contribution in [0.25, 0.3) is 32.7 Å². The molecule has 0 spiro atoms. The van der Waals surface area contributed by atoms with E-state index in [1.54, 1.807) is 0 Å². The molecule has 1 aliphatic carbocycles. The Morgan fingerprint density at radius 1 is 0.542 bits per heavy atom. The van der Waals surface area contributed by atoms with Crippen LogP contribution in [-0.4, -0.2) is 6.04 Å². The van der Waals surface area contributed by atoms with E-state index in [-0.39, 0.29) is 6.04 Å². The van der Waals surface area contributed by atoms with Crippen LogP contribution in [0.3, 0.4) is 0 Å². The average Bonchev–Trinajstić information content (AvgIpc) is 3.43. The number of anilines is 4. The molecule has 0 N–H and O–H groups in total. The van der Waals surface area contributed by atoms with Crippen LogP contribution >= 0.6 is 0 Å². The minimum absolute atomic E-state index is 0.0852. The number of benzene rings is 6. The van der Waals surface area contributed by atoms with Gasteiger partial charge in [0, 0.05) is 28.4 Å². The van der Waals surface area contributed by atoms with Gasteiger partial charge in [0.2, 0.25) is 0 Å². The summed E-state index contributed by atoms with van der Waals surface area (Å²) in [4.78, 5) is 4.66. The number of hydrogen-bond acceptors (Lipinski definition) is 2. The van der Waals surface area contributed by atoms with Crippen molar-refractivity contribution in [2.24, 2.45) is 0 Å². The lowest BCUT2D eigenvalue weighted by Gasteiger charge is -2.31. The Kier molecular flexibility index (Phi) is 8.97. The molecule has 0 bridgehead atoms. The van der Waals surface area contributed by atoms with Gasteiger partial charge < -0.3 is 9.80 Å². The van der Waals surface area contributed by atoms with Crippen LogP contribution in [0.1, 0.15) is 6.92 Å². The molecule has 1 aliphatic rings. The number of rotatable bonds is 9. The van der Waals surface area contributed by atoms with E-state index in [2.05, 4.69) is 198 Å². The maximum atomic E-state index is 4.15. The molecular weight excluding hydrogens is 581 g/mol. The van der Waals surface area contributed by atoms with Crippen LogP contribution in [0.2, 0.25) is 0 Å². The van der Waals surface area contributed by atoms with Gasteiger partial charge >= 0.3 is 0 Å². The fourth-order valence-corrected chi connectivity index (χ4v) is 6.35. The van der Waals surface area contributed by atoms with E-state index in [1.165, 1.54) is 27.1 Å². The largest absolute Gasteiger partial charge is 0.331 e. The number of fused-ring (bicyclic) bond motifs is 2. The SMILES string of the molecule is C=C/C(=C\C=C/C)N(c1ccc(-c2ccc(N(c3ccc4ccccc4c3)C3C=CC=CC=C3)cc2)cc1)c1ccc2ccccc2c1. The third kappa shape index (κ3) is 6.42. The van der Waals surface area contributed by atoms with Crippen LogP contribution < -0.4 is 9.80 Å². The van der Waals surface area contributed by atoms with Crippen molar-refractivity contribution in [2.75, 3.05) is 9.80 Å². The van der Waals surface area contributed by atoms with Gasteiger partial charge in [-0.2, -0.15) is 0 Å². The summed E-state index contributed by atoms with van der Waals surface area (Å²) in [6, 6.07) is 48.1. The molecule has 6 aromatic carbocycles.